The molecule has 2 saturated heterocycles. The lowest BCUT2D eigenvalue weighted by atomic mass is 10.1. The maximum absolute atomic E-state index is 6.47. The maximum atomic E-state index is 6.47. The van der Waals surface area contributed by atoms with E-state index < -0.39 is 0 Å². The molecule has 2 aliphatic rings. The van der Waals surface area contributed by atoms with Crippen LogP contribution in [-0.4, -0.2) is 46.9 Å². The fourth-order valence-electron chi connectivity index (χ4n) is 4.54. The Morgan fingerprint density at radius 2 is 2.03 bits per heavy atom. The van der Waals surface area contributed by atoms with Gasteiger partial charge in [-0.3, -0.25) is 4.90 Å². The molecule has 1 aromatic carbocycles. The predicted octanol–water partition coefficient (Wildman–Crippen LogP) is 4.76. The van der Waals surface area contributed by atoms with Gasteiger partial charge in [-0.15, -0.1) is 0 Å². The van der Waals surface area contributed by atoms with Crippen LogP contribution in [0.1, 0.15) is 56.7 Å². The van der Waals surface area contributed by atoms with Crippen LogP contribution in [0.5, 0.6) is 5.75 Å². The second kappa shape index (κ2) is 8.44. The van der Waals surface area contributed by atoms with Gasteiger partial charge in [-0.05, 0) is 37.5 Å². The molecule has 6 nitrogen and oxygen atoms in total. The third kappa shape index (κ3) is 3.98. The zero-order chi connectivity index (χ0) is 20.5. The van der Waals surface area contributed by atoms with Gasteiger partial charge < -0.3 is 18.5 Å². The minimum absolute atomic E-state index is 0.251. The van der Waals surface area contributed by atoms with Crippen LogP contribution in [0.15, 0.2) is 41.1 Å². The number of aromatic nitrogens is 2. The quantitative estimate of drug-likeness (QED) is 0.588. The number of piperidine rings is 1. The monoisotopic (exact) mass is 409 g/mol. The van der Waals surface area contributed by atoms with Crippen molar-refractivity contribution in [2.45, 2.75) is 57.7 Å². The molecule has 0 aliphatic carbocycles. The van der Waals surface area contributed by atoms with E-state index in [0.29, 0.717) is 12.0 Å². The molecule has 30 heavy (non-hydrogen) atoms. The normalized spacial score (nSPS) is 21.1. The van der Waals surface area contributed by atoms with Gasteiger partial charge in [0.05, 0.1) is 30.9 Å². The largest absolute Gasteiger partial charge is 0.490 e. The van der Waals surface area contributed by atoms with E-state index in [1.165, 1.54) is 10.9 Å². The minimum Gasteiger partial charge on any atom is -0.490 e. The highest BCUT2D eigenvalue weighted by molar-refractivity contribution is 5.86. The van der Waals surface area contributed by atoms with Crippen molar-refractivity contribution in [1.29, 1.82) is 0 Å². The van der Waals surface area contributed by atoms with E-state index in [-0.39, 0.29) is 6.10 Å². The van der Waals surface area contributed by atoms with Crippen molar-refractivity contribution in [1.82, 2.24) is 14.5 Å². The molecule has 0 saturated carbocycles. The van der Waals surface area contributed by atoms with Crippen molar-refractivity contribution >= 4 is 10.9 Å². The first-order chi connectivity index (χ1) is 14.7. The molecular formula is C24H31N3O3. The smallest absolute Gasteiger partial charge is 0.208 e. The number of ether oxygens (including phenoxy) is 2. The number of nitrogens with zero attached hydrogens (tertiary/aromatic N) is 3. The van der Waals surface area contributed by atoms with Crippen LogP contribution in [-0.2, 0) is 11.3 Å². The number of hydrogen-bond acceptors (Lipinski definition) is 5. The van der Waals surface area contributed by atoms with Gasteiger partial charge in [0.2, 0.25) is 5.89 Å². The molecule has 1 unspecified atom stereocenters. The Bertz CT molecular complexity index is 979. The maximum Gasteiger partial charge on any atom is 0.208 e. The predicted molar refractivity (Wildman–Crippen MR) is 116 cm³/mol. The van der Waals surface area contributed by atoms with Gasteiger partial charge in [0.1, 0.15) is 17.6 Å². The SMILES string of the molecule is CC(C)c1cnc(CN2CCC(Oc3cccc4c3ccn4C3CCOC3)CC2)o1. The van der Waals surface area contributed by atoms with Crippen LogP contribution in [0.4, 0.5) is 0 Å². The first-order valence-electron chi connectivity index (χ1n) is 11.2. The molecule has 3 aromatic rings. The van der Waals surface area contributed by atoms with Crippen molar-refractivity contribution in [2.75, 3.05) is 26.3 Å². The molecule has 160 valence electrons. The van der Waals surface area contributed by atoms with Gasteiger partial charge in [-0.25, -0.2) is 4.98 Å². The topological polar surface area (TPSA) is 52.7 Å². The Morgan fingerprint density at radius 3 is 2.77 bits per heavy atom. The third-order valence-corrected chi connectivity index (χ3v) is 6.35. The molecular weight excluding hydrogens is 378 g/mol. The van der Waals surface area contributed by atoms with E-state index in [4.69, 9.17) is 13.9 Å². The number of likely N-dealkylation sites (tertiary alicyclic amines) is 1. The summed E-state index contributed by atoms with van der Waals surface area (Å²) in [6.07, 6.45) is 7.41. The molecule has 5 rings (SSSR count). The lowest BCUT2D eigenvalue weighted by Crippen LogP contribution is -2.37. The van der Waals surface area contributed by atoms with E-state index in [0.717, 1.165) is 69.5 Å². The standard InChI is InChI=1S/C24H31N3O3/c1-17(2)23-14-25-24(30-23)15-26-10-6-19(7-11-26)29-22-5-3-4-21-20(22)8-12-27(21)18-9-13-28-16-18/h3-5,8,12,14,17-19H,6-7,9-11,13,15-16H2,1-2H3. The summed E-state index contributed by atoms with van der Waals surface area (Å²) in [7, 11) is 0. The highest BCUT2D eigenvalue weighted by Gasteiger charge is 2.24. The van der Waals surface area contributed by atoms with Crippen LogP contribution in [0.25, 0.3) is 10.9 Å². The summed E-state index contributed by atoms with van der Waals surface area (Å²) in [6.45, 7) is 8.69. The summed E-state index contributed by atoms with van der Waals surface area (Å²) in [5, 5.41) is 1.20. The lowest BCUT2D eigenvalue weighted by Gasteiger charge is -2.31. The van der Waals surface area contributed by atoms with Crippen LogP contribution >= 0.6 is 0 Å². The van der Waals surface area contributed by atoms with Crippen molar-refractivity contribution < 1.29 is 13.9 Å². The third-order valence-electron chi connectivity index (χ3n) is 6.35. The van der Waals surface area contributed by atoms with Gasteiger partial charge in [0, 0.05) is 37.2 Å². The molecule has 1 atom stereocenters. The minimum atomic E-state index is 0.251. The second-order valence-electron chi connectivity index (χ2n) is 8.83. The van der Waals surface area contributed by atoms with E-state index in [9.17, 15) is 0 Å². The summed E-state index contributed by atoms with van der Waals surface area (Å²) < 4.78 is 20.3. The van der Waals surface area contributed by atoms with Crippen molar-refractivity contribution in [3.8, 4) is 5.75 Å². The van der Waals surface area contributed by atoms with Gasteiger partial charge in [-0.2, -0.15) is 0 Å². The molecule has 0 radical (unpaired) electrons. The van der Waals surface area contributed by atoms with Gasteiger partial charge in [-0.1, -0.05) is 19.9 Å². The van der Waals surface area contributed by atoms with E-state index in [1.54, 1.807) is 0 Å². The van der Waals surface area contributed by atoms with Gasteiger partial charge in [0.25, 0.3) is 0 Å². The summed E-state index contributed by atoms with van der Waals surface area (Å²) in [6, 6.07) is 9.02. The molecule has 0 amide bonds. The number of hydrogen-bond donors (Lipinski definition) is 0. The molecule has 2 fully saturated rings. The summed E-state index contributed by atoms with van der Waals surface area (Å²) >= 11 is 0. The zero-order valence-corrected chi connectivity index (χ0v) is 17.9. The van der Waals surface area contributed by atoms with Crippen molar-refractivity contribution in [3.63, 3.8) is 0 Å². The van der Waals surface area contributed by atoms with Gasteiger partial charge in [0.15, 0.2) is 0 Å². The first kappa shape index (κ1) is 19.6. The fourth-order valence-corrected chi connectivity index (χ4v) is 4.54. The molecule has 0 spiro atoms. The number of rotatable bonds is 6. The highest BCUT2D eigenvalue weighted by atomic mass is 16.5. The lowest BCUT2D eigenvalue weighted by molar-refractivity contribution is 0.0926. The van der Waals surface area contributed by atoms with E-state index in [2.05, 4.69) is 58.8 Å². The molecule has 2 aliphatic heterocycles. The van der Waals surface area contributed by atoms with Crippen LogP contribution in [0.3, 0.4) is 0 Å². The Morgan fingerprint density at radius 1 is 1.17 bits per heavy atom. The Hall–Kier alpha value is -2.31. The van der Waals surface area contributed by atoms with Crippen LogP contribution in [0.2, 0.25) is 0 Å². The van der Waals surface area contributed by atoms with E-state index in [1.807, 2.05) is 6.20 Å². The number of benzene rings is 1. The Kier molecular flexibility index (Phi) is 5.52. The molecule has 0 bridgehead atoms. The van der Waals surface area contributed by atoms with Crippen molar-refractivity contribution in [3.05, 3.63) is 48.3 Å². The molecule has 4 heterocycles. The Balaban J connectivity index is 1.20. The number of fused-ring (bicyclic) bond motifs is 1. The summed E-state index contributed by atoms with van der Waals surface area (Å²) in [4.78, 5) is 6.85. The number of oxazole rings is 1. The summed E-state index contributed by atoms with van der Waals surface area (Å²) in [5.41, 5.74) is 1.24. The highest BCUT2D eigenvalue weighted by Crippen LogP contribution is 2.32. The van der Waals surface area contributed by atoms with Crippen LogP contribution < -0.4 is 4.74 Å². The average molecular weight is 410 g/mol. The molecule has 6 heteroatoms. The van der Waals surface area contributed by atoms with Crippen LogP contribution in [0, 0.1) is 0 Å². The first-order valence-corrected chi connectivity index (χ1v) is 11.2. The molecule has 2 aromatic heterocycles. The van der Waals surface area contributed by atoms with Gasteiger partial charge >= 0.3 is 0 Å². The average Bonchev–Trinajstić information content (AvgIpc) is 3.50. The fraction of sp³-hybridized carbons (Fsp3) is 0.542. The molecule has 0 N–H and O–H groups in total. The second-order valence-corrected chi connectivity index (χ2v) is 8.83. The Labute approximate surface area is 177 Å². The van der Waals surface area contributed by atoms with Crippen molar-refractivity contribution in [2.24, 2.45) is 0 Å². The van der Waals surface area contributed by atoms with E-state index >= 15 is 0 Å². The zero-order valence-electron chi connectivity index (χ0n) is 17.9. The summed E-state index contributed by atoms with van der Waals surface area (Å²) in [5.74, 6) is 3.16.